The molecule has 1 fully saturated rings. The van der Waals surface area contributed by atoms with Crippen LogP contribution in [-0.2, 0) is 21.4 Å². The molecule has 1 N–H and O–H groups in total. The second-order valence-electron chi connectivity index (χ2n) is 7.86. The highest BCUT2D eigenvalue weighted by atomic mass is 32.2. The van der Waals surface area contributed by atoms with Crippen molar-refractivity contribution in [3.8, 4) is 0 Å². The third-order valence-electron chi connectivity index (χ3n) is 5.83. The number of hydrogen-bond donors (Lipinski definition) is 1. The molecule has 1 heterocycles. The lowest BCUT2D eigenvalue weighted by atomic mass is 9.98. The normalized spacial score (nSPS) is 17.7. The molecule has 3 aromatic carbocycles. The first-order chi connectivity index (χ1) is 14.4. The van der Waals surface area contributed by atoms with Crippen molar-refractivity contribution in [2.24, 2.45) is 5.92 Å². The van der Waals surface area contributed by atoms with Crippen molar-refractivity contribution < 1.29 is 13.2 Å². The van der Waals surface area contributed by atoms with Crippen molar-refractivity contribution in [3.63, 3.8) is 0 Å². The maximum Gasteiger partial charge on any atom is 0.243 e. The van der Waals surface area contributed by atoms with Crippen LogP contribution in [0, 0.1) is 12.8 Å². The molecular weight excluding hydrogens is 396 g/mol. The number of sulfonamides is 1. The molecule has 1 atom stereocenters. The SMILES string of the molecule is Cc1ccccc1CNC(=O)C1CCCN(S(=O)(=O)c2ccc3ccccc3c2)C1. The van der Waals surface area contributed by atoms with Gasteiger partial charge in [0.1, 0.15) is 0 Å². The van der Waals surface area contributed by atoms with E-state index in [0.717, 1.165) is 21.9 Å². The molecule has 156 valence electrons. The molecule has 1 aliphatic rings. The van der Waals surface area contributed by atoms with E-state index in [1.807, 2.05) is 61.5 Å². The molecule has 30 heavy (non-hydrogen) atoms. The van der Waals surface area contributed by atoms with Gasteiger partial charge in [-0.25, -0.2) is 8.42 Å². The van der Waals surface area contributed by atoms with Crippen molar-refractivity contribution in [2.75, 3.05) is 13.1 Å². The van der Waals surface area contributed by atoms with E-state index in [1.165, 1.54) is 4.31 Å². The van der Waals surface area contributed by atoms with Gasteiger partial charge in [0.2, 0.25) is 15.9 Å². The van der Waals surface area contributed by atoms with Crippen molar-refractivity contribution in [1.82, 2.24) is 9.62 Å². The number of piperidine rings is 1. The largest absolute Gasteiger partial charge is 0.352 e. The average molecular weight is 423 g/mol. The average Bonchev–Trinajstić information content (AvgIpc) is 2.78. The molecule has 1 amide bonds. The Kier molecular flexibility index (Phi) is 5.88. The van der Waals surface area contributed by atoms with Gasteiger partial charge in [-0.3, -0.25) is 4.79 Å². The summed E-state index contributed by atoms with van der Waals surface area (Å²) in [5.74, 6) is -0.422. The predicted molar refractivity (Wildman–Crippen MR) is 118 cm³/mol. The van der Waals surface area contributed by atoms with Gasteiger partial charge in [0, 0.05) is 19.6 Å². The molecule has 5 nitrogen and oxygen atoms in total. The van der Waals surface area contributed by atoms with Gasteiger partial charge in [0.05, 0.1) is 10.8 Å². The molecule has 1 unspecified atom stereocenters. The molecule has 0 aliphatic carbocycles. The van der Waals surface area contributed by atoms with Gasteiger partial charge in [-0.1, -0.05) is 54.6 Å². The van der Waals surface area contributed by atoms with Gasteiger partial charge in [-0.2, -0.15) is 4.31 Å². The van der Waals surface area contributed by atoms with Gasteiger partial charge < -0.3 is 5.32 Å². The molecule has 0 aromatic heterocycles. The molecule has 0 radical (unpaired) electrons. The Bertz CT molecular complexity index is 1170. The maximum absolute atomic E-state index is 13.2. The molecule has 0 saturated carbocycles. The summed E-state index contributed by atoms with van der Waals surface area (Å²) >= 11 is 0. The van der Waals surface area contributed by atoms with Crippen LogP contribution in [-0.4, -0.2) is 31.7 Å². The van der Waals surface area contributed by atoms with E-state index in [2.05, 4.69) is 5.32 Å². The standard InChI is InChI=1S/C24H26N2O3S/c1-18-7-2-3-10-21(18)16-25-24(27)22-11-6-14-26(17-22)30(28,29)23-13-12-19-8-4-5-9-20(19)15-23/h2-5,7-10,12-13,15,22H,6,11,14,16-17H2,1H3,(H,25,27). The second-order valence-corrected chi connectivity index (χ2v) is 9.79. The number of nitrogens with zero attached hydrogens (tertiary/aromatic N) is 1. The first-order valence-corrected chi connectivity index (χ1v) is 11.7. The Balaban J connectivity index is 1.47. The van der Waals surface area contributed by atoms with E-state index in [0.29, 0.717) is 25.9 Å². The Labute approximate surface area is 177 Å². The molecule has 1 saturated heterocycles. The Hall–Kier alpha value is -2.70. The smallest absolute Gasteiger partial charge is 0.243 e. The minimum absolute atomic E-state index is 0.0864. The summed E-state index contributed by atoms with van der Waals surface area (Å²) in [6, 6.07) is 20.8. The summed E-state index contributed by atoms with van der Waals surface area (Å²) in [6.45, 7) is 3.13. The zero-order chi connectivity index (χ0) is 21.1. The quantitative estimate of drug-likeness (QED) is 0.679. The topological polar surface area (TPSA) is 66.5 Å². The predicted octanol–water partition coefficient (Wildman–Crippen LogP) is 3.87. The Morgan fingerprint density at radius 3 is 2.57 bits per heavy atom. The van der Waals surface area contributed by atoms with Gasteiger partial charge in [-0.05, 0) is 53.8 Å². The highest BCUT2D eigenvalue weighted by Crippen LogP contribution is 2.26. The third kappa shape index (κ3) is 4.25. The first kappa shape index (κ1) is 20.6. The molecule has 4 rings (SSSR count). The van der Waals surface area contributed by atoms with Crippen LogP contribution in [0.4, 0.5) is 0 Å². The number of aryl methyl sites for hydroxylation is 1. The van der Waals surface area contributed by atoms with Crippen molar-refractivity contribution >= 4 is 26.7 Å². The number of amides is 1. The van der Waals surface area contributed by atoms with Crippen LogP contribution < -0.4 is 5.32 Å². The molecular formula is C24H26N2O3S. The van der Waals surface area contributed by atoms with Crippen LogP contribution in [0.2, 0.25) is 0 Å². The van der Waals surface area contributed by atoms with E-state index in [9.17, 15) is 13.2 Å². The molecule has 0 spiro atoms. The number of nitrogens with one attached hydrogen (secondary N) is 1. The van der Waals surface area contributed by atoms with Crippen LogP contribution >= 0.6 is 0 Å². The van der Waals surface area contributed by atoms with Gasteiger partial charge in [0.15, 0.2) is 0 Å². The molecule has 1 aliphatic heterocycles. The minimum atomic E-state index is -3.64. The summed E-state index contributed by atoms with van der Waals surface area (Å²) in [6.07, 6.45) is 1.37. The van der Waals surface area contributed by atoms with E-state index in [1.54, 1.807) is 12.1 Å². The van der Waals surface area contributed by atoms with E-state index < -0.39 is 10.0 Å². The Morgan fingerprint density at radius 1 is 1.03 bits per heavy atom. The lowest BCUT2D eigenvalue weighted by molar-refractivity contribution is -0.126. The Morgan fingerprint density at radius 2 is 1.77 bits per heavy atom. The number of carbonyl (C=O) groups excluding carboxylic acids is 1. The highest BCUT2D eigenvalue weighted by Gasteiger charge is 2.33. The van der Waals surface area contributed by atoms with Crippen molar-refractivity contribution in [3.05, 3.63) is 77.9 Å². The summed E-state index contributed by atoms with van der Waals surface area (Å²) in [7, 11) is -3.64. The van der Waals surface area contributed by atoms with Crippen LogP contribution in [0.5, 0.6) is 0 Å². The van der Waals surface area contributed by atoms with Crippen LogP contribution in [0.3, 0.4) is 0 Å². The zero-order valence-corrected chi connectivity index (χ0v) is 17.9. The number of carbonyl (C=O) groups is 1. The van der Waals surface area contributed by atoms with Crippen molar-refractivity contribution in [2.45, 2.75) is 31.2 Å². The van der Waals surface area contributed by atoms with Gasteiger partial charge in [-0.15, -0.1) is 0 Å². The molecule has 0 bridgehead atoms. The third-order valence-corrected chi connectivity index (χ3v) is 7.69. The fourth-order valence-corrected chi connectivity index (χ4v) is 5.55. The fraction of sp³-hybridized carbons (Fsp3) is 0.292. The fourth-order valence-electron chi connectivity index (χ4n) is 3.99. The van der Waals surface area contributed by atoms with E-state index in [-0.39, 0.29) is 23.3 Å². The van der Waals surface area contributed by atoms with Gasteiger partial charge >= 0.3 is 0 Å². The monoisotopic (exact) mass is 422 g/mol. The highest BCUT2D eigenvalue weighted by molar-refractivity contribution is 7.89. The van der Waals surface area contributed by atoms with E-state index in [4.69, 9.17) is 0 Å². The first-order valence-electron chi connectivity index (χ1n) is 10.3. The van der Waals surface area contributed by atoms with Crippen molar-refractivity contribution in [1.29, 1.82) is 0 Å². The lowest BCUT2D eigenvalue weighted by Gasteiger charge is -2.31. The summed E-state index contributed by atoms with van der Waals surface area (Å²) in [5, 5.41) is 4.88. The van der Waals surface area contributed by atoms with Crippen LogP contribution in [0.25, 0.3) is 10.8 Å². The number of fused-ring (bicyclic) bond motifs is 1. The summed E-state index contributed by atoms with van der Waals surface area (Å²) in [5.41, 5.74) is 2.20. The lowest BCUT2D eigenvalue weighted by Crippen LogP contribution is -2.45. The van der Waals surface area contributed by atoms with E-state index >= 15 is 0 Å². The maximum atomic E-state index is 13.2. The minimum Gasteiger partial charge on any atom is -0.352 e. The number of hydrogen-bond acceptors (Lipinski definition) is 3. The summed E-state index contributed by atoms with van der Waals surface area (Å²) < 4.78 is 27.9. The molecule has 3 aromatic rings. The summed E-state index contributed by atoms with van der Waals surface area (Å²) in [4.78, 5) is 13.0. The second kappa shape index (κ2) is 8.58. The molecule has 6 heteroatoms. The van der Waals surface area contributed by atoms with Gasteiger partial charge in [0.25, 0.3) is 0 Å². The van der Waals surface area contributed by atoms with Crippen LogP contribution in [0.1, 0.15) is 24.0 Å². The zero-order valence-electron chi connectivity index (χ0n) is 17.0. The van der Waals surface area contributed by atoms with Crippen LogP contribution in [0.15, 0.2) is 71.6 Å². The number of benzene rings is 3. The number of rotatable bonds is 5.